The Kier molecular flexibility index (Phi) is 6.32. The largest absolute Gasteiger partial charge is 0.268 e. The van der Waals surface area contributed by atoms with Crippen molar-refractivity contribution in [3.05, 3.63) is 98.1 Å². The minimum absolute atomic E-state index is 0.0322. The third-order valence-electron chi connectivity index (χ3n) is 6.49. The summed E-state index contributed by atoms with van der Waals surface area (Å²) in [6.07, 6.45) is 2.04. The van der Waals surface area contributed by atoms with Gasteiger partial charge in [-0.1, -0.05) is 73.6 Å². The van der Waals surface area contributed by atoms with Crippen LogP contribution in [0.5, 0.6) is 0 Å². The Bertz CT molecular complexity index is 1570. The lowest BCUT2D eigenvalue weighted by Crippen LogP contribution is -2.22. The van der Waals surface area contributed by atoms with Gasteiger partial charge in [0.1, 0.15) is 4.83 Å². The molecule has 0 N–H and O–H groups in total. The number of aryl methyl sites for hydroxylation is 4. The lowest BCUT2D eigenvalue weighted by atomic mass is 10.1. The van der Waals surface area contributed by atoms with Crippen LogP contribution in [0.3, 0.4) is 0 Å². The summed E-state index contributed by atoms with van der Waals surface area (Å²) in [5, 5.41) is 3.99. The molecule has 0 bridgehead atoms. The summed E-state index contributed by atoms with van der Waals surface area (Å²) in [6.45, 7) is 8.43. The molecule has 34 heavy (non-hydrogen) atoms. The first-order valence-electron chi connectivity index (χ1n) is 11.7. The highest BCUT2D eigenvalue weighted by molar-refractivity contribution is 7.98. The van der Waals surface area contributed by atoms with Crippen molar-refractivity contribution in [3.8, 4) is 5.69 Å². The summed E-state index contributed by atoms with van der Waals surface area (Å²) in [5.41, 5.74) is 5.63. The fourth-order valence-electron chi connectivity index (χ4n) is 4.43. The number of hydrogen-bond acceptors (Lipinski definition) is 4. The standard InChI is InChI=1S/C29H28N2OS2/c1-5-9-25-20(4)26-27(34-25)30-29(31(28(26)32)23-15-14-18(2)19(3)16-23)33-17-22-12-8-11-21-10-6-7-13-24(21)22/h6-8,10-16H,5,9,17H2,1-4H3. The van der Waals surface area contributed by atoms with Crippen molar-refractivity contribution < 1.29 is 0 Å². The van der Waals surface area contributed by atoms with E-state index >= 15 is 0 Å². The molecule has 2 heterocycles. The second-order valence-electron chi connectivity index (χ2n) is 8.81. The maximum absolute atomic E-state index is 13.9. The first-order valence-corrected chi connectivity index (χ1v) is 13.5. The molecule has 3 aromatic carbocycles. The van der Waals surface area contributed by atoms with Gasteiger partial charge in [0, 0.05) is 10.6 Å². The van der Waals surface area contributed by atoms with E-state index in [9.17, 15) is 4.79 Å². The van der Waals surface area contributed by atoms with Crippen molar-refractivity contribution in [2.45, 2.75) is 51.4 Å². The Morgan fingerprint density at radius 3 is 2.56 bits per heavy atom. The number of hydrogen-bond donors (Lipinski definition) is 0. The molecule has 2 aromatic heterocycles. The molecule has 0 spiro atoms. The van der Waals surface area contributed by atoms with Gasteiger partial charge >= 0.3 is 0 Å². The zero-order chi connectivity index (χ0) is 23.8. The summed E-state index contributed by atoms with van der Waals surface area (Å²) in [7, 11) is 0. The van der Waals surface area contributed by atoms with Crippen LogP contribution >= 0.6 is 23.1 Å². The number of rotatable bonds is 6. The first kappa shape index (κ1) is 22.9. The molecule has 5 heteroatoms. The van der Waals surface area contributed by atoms with Crippen molar-refractivity contribution in [1.82, 2.24) is 9.55 Å². The lowest BCUT2D eigenvalue weighted by Gasteiger charge is -2.14. The van der Waals surface area contributed by atoms with Gasteiger partial charge in [0.05, 0.1) is 11.1 Å². The molecule has 0 fully saturated rings. The van der Waals surface area contributed by atoms with E-state index in [1.165, 1.54) is 32.3 Å². The molecule has 5 rings (SSSR count). The van der Waals surface area contributed by atoms with Crippen LogP contribution < -0.4 is 5.56 Å². The van der Waals surface area contributed by atoms with E-state index in [4.69, 9.17) is 4.98 Å². The Balaban J connectivity index is 1.67. The van der Waals surface area contributed by atoms with E-state index in [2.05, 4.69) is 82.3 Å². The molecule has 0 atom stereocenters. The Hall–Kier alpha value is -2.89. The Morgan fingerprint density at radius 1 is 0.971 bits per heavy atom. The van der Waals surface area contributed by atoms with Crippen molar-refractivity contribution >= 4 is 44.1 Å². The van der Waals surface area contributed by atoms with Gasteiger partial charge in [-0.25, -0.2) is 4.98 Å². The molecule has 0 radical (unpaired) electrons. The average Bonchev–Trinajstić information content (AvgIpc) is 3.15. The van der Waals surface area contributed by atoms with Gasteiger partial charge in [-0.05, 0) is 72.4 Å². The fraction of sp³-hybridized carbons (Fsp3) is 0.241. The molecule has 172 valence electrons. The average molecular weight is 485 g/mol. The van der Waals surface area contributed by atoms with E-state index in [-0.39, 0.29) is 5.56 Å². The lowest BCUT2D eigenvalue weighted by molar-refractivity contribution is 0.820. The van der Waals surface area contributed by atoms with Crippen LogP contribution in [0.4, 0.5) is 0 Å². The van der Waals surface area contributed by atoms with E-state index in [0.717, 1.165) is 45.2 Å². The molecule has 0 aliphatic rings. The number of thioether (sulfide) groups is 1. The van der Waals surface area contributed by atoms with Crippen LogP contribution in [0.15, 0.2) is 70.6 Å². The van der Waals surface area contributed by atoms with Gasteiger partial charge < -0.3 is 0 Å². The zero-order valence-electron chi connectivity index (χ0n) is 20.0. The molecule has 0 saturated heterocycles. The summed E-state index contributed by atoms with van der Waals surface area (Å²) in [4.78, 5) is 21.1. The molecule has 0 saturated carbocycles. The highest BCUT2D eigenvalue weighted by Crippen LogP contribution is 2.33. The van der Waals surface area contributed by atoms with Gasteiger partial charge in [0.2, 0.25) is 0 Å². The van der Waals surface area contributed by atoms with Gasteiger partial charge in [-0.3, -0.25) is 9.36 Å². The van der Waals surface area contributed by atoms with Gasteiger partial charge in [-0.2, -0.15) is 0 Å². The maximum atomic E-state index is 13.9. The normalized spacial score (nSPS) is 11.5. The molecule has 3 nitrogen and oxygen atoms in total. The third kappa shape index (κ3) is 4.08. The second kappa shape index (κ2) is 9.40. The van der Waals surface area contributed by atoms with Crippen molar-refractivity contribution in [3.63, 3.8) is 0 Å². The highest BCUT2D eigenvalue weighted by Gasteiger charge is 2.19. The topological polar surface area (TPSA) is 34.9 Å². The number of aromatic nitrogens is 2. The van der Waals surface area contributed by atoms with Crippen LogP contribution in [0.2, 0.25) is 0 Å². The van der Waals surface area contributed by atoms with Gasteiger partial charge in [0.25, 0.3) is 5.56 Å². The number of benzene rings is 3. The predicted molar refractivity (Wildman–Crippen MR) is 147 cm³/mol. The van der Waals surface area contributed by atoms with Crippen LogP contribution in [0.1, 0.15) is 40.5 Å². The number of fused-ring (bicyclic) bond motifs is 2. The van der Waals surface area contributed by atoms with E-state index in [0.29, 0.717) is 0 Å². The van der Waals surface area contributed by atoms with Crippen LogP contribution in [0, 0.1) is 20.8 Å². The SMILES string of the molecule is CCCc1sc2nc(SCc3cccc4ccccc34)n(-c3ccc(C)c(C)c3)c(=O)c2c1C. The summed E-state index contributed by atoms with van der Waals surface area (Å²) in [6, 6.07) is 21.1. The molecular formula is C29H28N2OS2. The van der Waals surface area contributed by atoms with Crippen LogP contribution in [-0.4, -0.2) is 9.55 Å². The Labute approximate surface area is 208 Å². The molecule has 0 amide bonds. The van der Waals surface area contributed by atoms with E-state index in [1.807, 2.05) is 10.6 Å². The Morgan fingerprint density at radius 2 is 1.76 bits per heavy atom. The second-order valence-corrected chi connectivity index (χ2v) is 10.8. The minimum Gasteiger partial charge on any atom is -0.268 e. The summed E-state index contributed by atoms with van der Waals surface area (Å²) >= 11 is 3.31. The van der Waals surface area contributed by atoms with Crippen LogP contribution in [0.25, 0.3) is 26.7 Å². The van der Waals surface area contributed by atoms with Crippen molar-refractivity contribution in [2.75, 3.05) is 0 Å². The van der Waals surface area contributed by atoms with E-state index < -0.39 is 0 Å². The fourth-order valence-corrected chi connectivity index (χ4v) is 6.76. The third-order valence-corrected chi connectivity index (χ3v) is 8.73. The summed E-state index contributed by atoms with van der Waals surface area (Å²) in [5.74, 6) is 0.746. The molecule has 0 aliphatic carbocycles. The van der Waals surface area contributed by atoms with Gasteiger partial charge in [0.15, 0.2) is 5.16 Å². The van der Waals surface area contributed by atoms with Crippen molar-refractivity contribution in [2.24, 2.45) is 0 Å². The molecular weight excluding hydrogens is 456 g/mol. The summed E-state index contributed by atoms with van der Waals surface area (Å²) < 4.78 is 1.82. The maximum Gasteiger partial charge on any atom is 0.267 e. The van der Waals surface area contributed by atoms with Gasteiger partial charge in [-0.15, -0.1) is 11.3 Å². The zero-order valence-corrected chi connectivity index (χ0v) is 21.6. The predicted octanol–water partition coefficient (Wildman–Crippen LogP) is 7.77. The monoisotopic (exact) mass is 484 g/mol. The molecule has 0 unspecified atom stereocenters. The number of thiophene rings is 1. The number of nitrogens with zero attached hydrogens (tertiary/aromatic N) is 2. The minimum atomic E-state index is 0.0322. The van der Waals surface area contributed by atoms with Crippen LogP contribution in [-0.2, 0) is 12.2 Å². The van der Waals surface area contributed by atoms with E-state index in [1.54, 1.807) is 23.1 Å². The first-order chi connectivity index (χ1) is 16.5. The molecule has 0 aliphatic heterocycles. The quantitative estimate of drug-likeness (QED) is 0.182. The highest BCUT2D eigenvalue weighted by atomic mass is 32.2. The molecule has 5 aromatic rings. The van der Waals surface area contributed by atoms with Crippen molar-refractivity contribution in [1.29, 1.82) is 0 Å². The smallest absolute Gasteiger partial charge is 0.267 e.